The van der Waals surface area contributed by atoms with Gasteiger partial charge in [0.15, 0.2) is 11.5 Å². The predicted molar refractivity (Wildman–Crippen MR) is 125 cm³/mol. The summed E-state index contributed by atoms with van der Waals surface area (Å²) in [6.45, 7) is 4.31. The number of aliphatic imine (C=N–C) groups is 1. The molecule has 32 heavy (non-hydrogen) atoms. The molecule has 1 amide bonds. The Hall–Kier alpha value is -3.13. The molecule has 8 nitrogen and oxygen atoms in total. The first-order valence-corrected chi connectivity index (χ1v) is 10.8. The molecule has 2 aromatic carbocycles. The first-order chi connectivity index (χ1) is 15.5. The maximum absolute atomic E-state index is 13.4. The van der Waals surface area contributed by atoms with Gasteiger partial charge in [-0.1, -0.05) is 17.7 Å². The van der Waals surface area contributed by atoms with Crippen molar-refractivity contribution < 1.29 is 19.0 Å². The maximum atomic E-state index is 13.4. The molecule has 2 aromatic rings. The molecule has 0 spiro atoms. The molecule has 170 valence electrons. The first-order valence-electron chi connectivity index (χ1n) is 10.5. The number of guanidine groups is 1. The monoisotopic (exact) mass is 458 g/mol. The van der Waals surface area contributed by atoms with Gasteiger partial charge in [-0.05, 0) is 30.3 Å². The number of halogens is 1. The zero-order valence-electron chi connectivity index (χ0n) is 18.5. The van der Waals surface area contributed by atoms with Crippen molar-refractivity contribution >= 4 is 29.2 Å². The van der Waals surface area contributed by atoms with Crippen LogP contribution < -0.4 is 19.1 Å². The van der Waals surface area contributed by atoms with Crippen LogP contribution in [0.3, 0.4) is 0 Å². The van der Waals surface area contributed by atoms with Crippen LogP contribution in [0, 0.1) is 0 Å². The summed E-state index contributed by atoms with van der Waals surface area (Å²) in [7, 11) is 4.61. The SMILES string of the molecule is COc1cc(C(=O)N2CCN=C2N2CCN(c3cccc(Cl)c3)CC2)cc(OC)c1OC. The Kier molecular flexibility index (Phi) is 6.60. The lowest BCUT2D eigenvalue weighted by Gasteiger charge is -2.38. The van der Waals surface area contributed by atoms with Gasteiger partial charge in [0.1, 0.15) is 0 Å². The van der Waals surface area contributed by atoms with Crippen LogP contribution in [0.2, 0.25) is 5.02 Å². The molecule has 4 rings (SSSR count). The number of amides is 1. The Bertz CT molecular complexity index is 996. The third-order valence-corrected chi connectivity index (χ3v) is 5.95. The van der Waals surface area contributed by atoms with Crippen molar-refractivity contribution in [3.63, 3.8) is 0 Å². The number of methoxy groups -OCH3 is 3. The van der Waals surface area contributed by atoms with E-state index in [0.717, 1.165) is 42.8 Å². The van der Waals surface area contributed by atoms with Crippen LogP contribution in [0.15, 0.2) is 41.4 Å². The Morgan fingerprint density at radius 2 is 1.56 bits per heavy atom. The third-order valence-electron chi connectivity index (χ3n) is 5.71. The Balaban J connectivity index is 1.49. The number of piperazine rings is 1. The van der Waals surface area contributed by atoms with Crippen molar-refractivity contribution in [1.29, 1.82) is 0 Å². The number of hydrogen-bond donors (Lipinski definition) is 0. The molecule has 0 saturated carbocycles. The van der Waals surface area contributed by atoms with E-state index in [1.165, 1.54) is 21.3 Å². The summed E-state index contributed by atoms with van der Waals surface area (Å²) in [5, 5.41) is 0.729. The molecule has 0 atom stereocenters. The average Bonchev–Trinajstić information content (AvgIpc) is 3.32. The van der Waals surface area contributed by atoms with Crippen LogP contribution in [-0.4, -0.2) is 82.3 Å². The van der Waals surface area contributed by atoms with Gasteiger partial charge >= 0.3 is 0 Å². The highest BCUT2D eigenvalue weighted by atomic mass is 35.5. The summed E-state index contributed by atoms with van der Waals surface area (Å²) >= 11 is 6.14. The smallest absolute Gasteiger partial charge is 0.260 e. The van der Waals surface area contributed by atoms with E-state index in [9.17, 15) is 4.79 Å². The zero-order chi connectivity index (χ0) is 22.7. The van der Waals surface area contributed by atoms with Crippen molar-refractivity contribution in [3.05, 3.63) is 47.0 Å². The Labute approximate surface area is 192 Å². The number of carbonyl (C=O) groups excluding carboxylic acids is 1. The van der Waals surface area contributed by atoms with E-state index in [1.54, 1.807) is 17.0 Å². The van der Waals surface area contributed by atoms with Crippen LogP contribution in [0.25, 0.3) is 0 Å². The quantitative estimate of drug-likeness (QED) is 0.686. The molecule has 0 aromatic heterocycles. The van der Waals surface area contributed by atoms with Gasteiger partial charge in [-0.15, -0.1) is 0 Å². The fourth-order valence-corrected chi connectivity index (χ4v) is 4.28. The van der Waals surface area contributed by atoms with Gasteiger partial charge in [-0.3, -0.25) is 14.7 Å². The lowest BCUT2D eigenvalue weighted by Crippen LogP contribution is -2.53. The molecule has 2 heterocycles. The summed E-state index contributed by atoms with van der Waals surface area (Å²) in [4.78, 5) is 24.2. The molecule has 0 N–H and O–H groups in total. The standard InChI is InChI=1S/C23H27ClN4O4/c1-30-19-13-16(14-20(31-2)21(19)32-3)22(29)28-8-7-25-23(28)27-11-9-26(10-12-27)18-6-4-5-17(24)15-18/h4-6,13-15H,7-12H2,1-3H3. The second kappa shape index (κ2) is 9.56. The number of ether oxygens (including phenoxy) is 3. The van der Waals surface area contributed by atoms with Crippen molar-refractivity contribution in [3.8, 4) is 17.2 Å². The highest BCUT2D eigenvalue weighted by molar-refractivity contribution is 6.30. The Morgan fingerprint density at radius 1 is 0.906 bits per heavy atom. The molecule has 0 radical (unpaired) electrons. The van der Waals surface area contributed by atoms with Crippen LogP contribution in [0.1, 0.15) is 10.4 Å². The Morgan fingerprint density at radius 3 is 2.16 bits per heavy atom. The summed E-state index contributed by atoms with van der Waals surface area (Å²) in [5.74, 6) is 1.93. The highest BCUT2D eigenvalue weighted by Crippen LogP contribution is 2.38. The molecule has 1 saturated heterocycles. The van der Waals surface area contributed by atoms with Gasteiger partial charge in [0, 0.05) is 49.0 Å². The third kappa shape index (κ3) is 4.27. The van der Waals surface area contributed by atoms with E-state index in [-0.39, 0.29) is 5.91 Å². The molecule has 1 fully saturated rings. The molecule has 9 heteroatoms. The molecule has 2 aliphatic heterocycles. The van der Waals surface area contributed by atoms with E-state index in [4.69, 9.17) is 25.8 Å². The fraction of sp³-hybridized carbons (Fsp3) is 0.391. The van der Waals surface area contributed by atoms with Crippen molar-refractivity contribution in [2.75, 3.05) is 65.5 Å². The number of rotatable bonds is 5. The van der Waals surface area contributed by atoms with E-state index in [1.807, 2.05) is 18.2 Å². The zero-order valence-corrected chi connectivity index (χ0v) is 19.3. The summed E-state index contributed by atoms with van der Waals surface area (Å²) < 4.78 is 16.2. The first kappa shape index (κ1) is 22.1. The highest BCUT2D eigenvalue weighted by Gasteiger charge is 2.32. The minimum absolute atomic E-state index is 0.141. The molecule has 0 unspecified atom stereocenters. The van der Waals surface area contributed by atoms with Crippen LogP contribution in [0.4, 0.5) is 5.69 Å². The van der Waals surface area contributed by atoms with Crippen LogP contribution in [-0.2, 0) is 0 Å². The van der Waals surface area contributed by atoms with E-state index in [0.29, 0.717) is 35.9 Å². The summed E-state index contributed by atoms with van der Waals surface area (Å²) in [6, 6.07) is 11.2. The maximum Gasteiger partial charge on any atom is 0.260 e. The molecule has 0 bridgehead atoms. The van der Waals surface area contributed by atoms with Crippen LogP contribution >= 0.6 is 11.6 Å². The number of anilines is 1. The number of carbonyl (C=O) groups is 1. The van der Waals surface area contributed by atoms with Gasteiger partial charge in [-0.25, -0.2) is 0 Å². The molecule has 0 aliphatic carbocycles. The summed E-state index contributed by atoms with van der Waals surface area (Å²) in [5.41, 5.74) is 1.57. The minimum Gasteiger partial charge on any atom is -0.493 e. The number of hydrogen-bond acceptors (Lipinski definition) is 7. The predicted octanol–water partition coefficient (Wildman–Crippen LogP) is 3.00. The van der Waals surface area contributed by atoms with Crippen molar-refractivity contribution in [2.45, 2.75) is 0 Å². The second-order valence-electron chi connectivity index (χ2n) is 7.51. The average molecular weight is 459 g/mol. The van der Waals surface area contributed by atoms with Gasteiger partial charge in [0.2, 0.25) is 11.7 Å². The van der Waals surface area contributed by atoms with E-state index < -0.39 is 0 Å². The number of nitrogens with zero attached hydrogens (tertiary/aromatic N) is 4. The van der Waals surface area contributed by atoms with E-state index in [2.05, 4.69) is 20.9 Å². The lowest BCUT2D eigenvalue weighted by molar-refractivity contribution is 0.0842. The normalized spacial score (nSPS) is 16.1. The number of benzene rings is 2. The topological polar surface area (TPSA) is 66.8 Å². The van der Waals surface area contributed by atoms with Gasteiger partial charge in [-0.2, -0.15) is 0 Å². The second-order valence-corrected chi connectivity index (χ2v) is 7.94. The minimum atomic E-state index is -0.141. The fourth-order valence-electron chi connectivity index (χ4n) is 4.10. The van der Waals surface area contributed by atoms with Gasteiger partial charge in [0.25, 0.3) is 5.91 Å². The van der Waals surface area contributed by atoms with Gasteiger partial charge in [0.05, 0.1) is 27.9 Å². The molecule has 2 aliphatic rings. The van der Waals surface area contributed by atoms with E-state index >= 15 is 0 Å². The summed E-state index contributed by atoms with van der Waals surface area (Å²) in [6.07, 6.45) is 0. The largest absolute Gasteiger partial charge is 0.493 e. The van der Waals surface area contributed by atoms with Crippen molar-refractivity contribution in [1.82, 2.24) is 9.80 Å². The lowest BCUT2D eigenvalue weighted by atomic mass is 10.1. The van der Waals surface area contributed by atoms with Crippen molar-refractivity contribution in [2.24, 2.45) is 4.99 Å². The molecular formula is C23H27ClN4O4. The van der Waals surface area contributed by atoms with Gasteiger partial charge < -0.3 is 24.0 Å². The molecular weight excluding hydrogens is 432 g/mol. The van der Waals surface area contributed by atoms with Crippen LogP contribution in [0.5, 0.6) is 17.2 Å².